The van der Waals surface area contributed by atoms with E-state index in [9.17, 15) is 9.18 Å². The molecule has 1 aromatic rings. The Bertz CT molecular complexity index is 417. The minimum absolute atomic E-state index is 0.136. The SMILES string of the molecule is O=C(O)c1ccc(F)c(CN2CCNCC2)c1. The van der Waals surface area contributed by atoms with Gasteiger partial charge >= 0.3 is 5.97 Å². The Morgan fingerprint density at radius 1 is 1.41 bits per heavy atom. The summed E-state index contributed by atoms with van der Waals surface area (Å²) < 4.78 is 13.6. The molecular formula is C12H15FN2O2. The van der Waals surface area contributed by atoms with Crippen molar-refractivity contribution in [1.82, 2.24) is 10.2 Å². The lowest BCUT2D eigenvalue weighted by molar-refractivity contribution is 0.0696. The maximum absolute atomic E-state index is 13.6. The lowest BCUT2D eigenvalue weighted by atomic mass is 10.1. The predicted octanol–water partition coefficient (Wildman–Crippen LogP) is 0.929. The fourth-order valence-corrected chi connectivity index (χ4v) is 1.94. The van der Waals surface area contributed by atoms with Gasteiger partial charge in [-0.2, -0.15) is 0 Å². The molecule has 0 aliphatic carbocycles. The van der Waals surface area contributed by atoms with Gasteiger partial charge in [-0.3, -0.25) is 4.90 Å². The highest BCUT2D eigenvalue weighted by Gasteiger charge is 2.14. The average molecular weight is 238 g/mol. The van der Waals surface area contributed by atoms with Crippen LogP contribution < -0.4 is 5.32 Å². The lowest BCUT2D eigenvalue weighted by Crippen LogP contribution is -2.43. The molecule has 0 saturated carbocycles. The summed E-state index contributed by atoms with van der Waals surface area (Å²) in [5.74, 6) is -1.36. The number of benzene rings is 1. The first kappa shape index (κ1) is 12.0. The van der Waals surface area contributed by atoms with E-state index in [1.54, 1.807) is 0 Å². The molecule has 5 heteroatoms. The maximum Gasteiger partial charge on any atom is 0.335 e. The molecular weight excluding hydrogens is 223 g/mol. The first-order chi connectivity index (χ1) is 8.16. The summed E-state index contributed by atoms with van der Waals surface area (Å²) in [5.41, 5.74) is 0.586. The van der Waals surface area contributed by atoms with Gasteiger partial charge < -0.3 is 10.4 Å². The molecule has 17 heavy (non-hydrogen) atoms. The van der Waals surface area contributed by atoms with E-state index in [0.29, 0.717) is 12.1 Å². The van der Waals surface area contributed by atoms with Crippen molar-refractivity contribution in [3.8, 4) is 0 Å². The Morgan fingerprint density at radius 2 is 2.12 bits per heavy atom. The third kappa shape index (κ3) is 3.01. The number of carboxylic acid groups (broad SMARTS) is 1. The largest absolute Gasteiger partial charge is 0.478 e. The van der Waals surface area contributed by atoms with Crippen LogP contribution in [0.1, 0.15) is 15.9 Å². The molecule has 0 atom stereocenters. The number of hydrogen-bond donors (Lipinski definition) is 2. The number of hydrogen-bond acceptors (Lipinski definition) is 3. The van der Waals surface area contributed by atoms with Crippen molar-refractivity contribution in [2.75, 3.05) is 26.2 Å². The molecule has 0 amide bonds. The Labute approximate surface area is 99.0 Å². The quantitative estimate of drug-likeness (QED) is 0.822. The van der Waals surface area contributed by atoms with Crippen molar-refractivity contribution in [3.05, 3.63) is 35.1 Å². The van der Waals surface area contributed by atoms with Crippen LogP contribution in [0.5, 0.6) is 0 Å². The molecule has 2 N–H and O–H groups in total. The molecule has 0 unspecified atom stereocenters. The predicted molar refractivity (Wildman–Crippen MR) is 61.5 cm³/mol. The van der Waals surface area contributed by atoms with Gasteiger partial charge in [0.05, 0.1) is 5.56 Å². The standard InChI is InChI=1S/C12H15FN2O2/c13-11-2-1-9(12(16)17)7-10(11)8-15-5-3-14-4-6-15/h1-2,7,14H,3-6,8H2,(H,16,17). The van der Waals surface area contributed by atoms with Gasteiger partial charge in [0, 0.05) is 38.3 Å². The number of rotatable bonds is 3. The van der Waals surface area contributed by atoms with Gasteiger partial charge in [-0.15, -0.1) is 0 Å². The van der Waals surface area contributed by atoms with Gasteiger partial charge in [-0.05, 0) is 18.2 Å². The van der Waals surface area contributed by atoms with Gasteiger partial charge in [0.15, 0.2) is 0 Å². The van der Waals surface area contributed by atoms with Crippen molar-refractivity contribution < 1.29 is 14.3 Å². The molecule has 2 rings (SSSR count). The first-order valence-corrected chi connectivity index (χ1v) is 5.61. The van der Waals surface area contributed by atoms with Gasteiger partial charge in [0.2, 0.25) is 0 Å². The van der Waals surface area contributed by atoms with Crippen LogP contribution in [0.4, 0.5) is 4.39 Å². The summed E-state index contributed by atoms with van der Waals surface area (Å²) in [7, 11) is 0. The highest BCUT2D eigenvalue weighted by atomic mass is 19.1. The molecule has 1 aliphatic heterocycles. The van der Waals surface area contributed by atoms with E-state index >= 15 is 0 Å². The van der Waals surface area contributed by atoms with Gasteiger partial charge in [-0.1, -0.05) is 0 Å². The summed E-state index contributed by atoms with van der Waals surface area (Å²) in [6.45, 7) is 3.96. The van der Waals surface area contributed by atoms with Crippen LogP contribution >= 0.6 is 0 Å². The van der Waals surface area contributed by atoms with Crippen LogP contribution in [0.15, 0.2) is 18.2 Å². The molecule has 1 saturated heterocycles. The zero-order valence-corrected chi connectivity index (χ0v) is 9.45. The van der Waals surface area contributed by atoms with Crippen LogP contribution in [0.3, 0.4) is 0 Å². The minimum atomic E-state index is -1.02. The molecule has 1 fully saturated rings. The second kappa shape index (κ2) is 5.25. The zero-order valence-electron chi connectivity index (χ0n) is 9.45. The zero-order chi connectivity index (χ0) is 12.3. The minimum Gasteiger partial charge on any atom is -0.478 e. The summed E-state index contributed by atoms with van der Waals surface area (Å²) in [6.07, 6.45) is 0. The topological polar surface area (TPSA) is 52.6 Å². The Morgan fingerprint density at radius 3 is 2.76 bits per heavy atom. The number of aromatic carboxylic acids is 1. The number of piperazine rings is 1. The third-order valence-electron chi connectivity index (χ3n) is 2.90. The van der Waals surface area contributed by atoms with Crippen LogP contribution in [0.2, 0.25) is 0 Å². The fourth-order valence-electron chi connectivity index (χ4n) is 1.94. The number of nitrogens with one attached hydrogen (secondary N) is 1. The average Bonchev–Trinajstić information content (AvgIpc) is 2.33. The number of carboxylic acids is 1. The van der Waals surface area contributed by atoms with Crippen molar-refractivity contribution >= 4 is 5.97 Å². The molecule has 4 nitrogen and oxygen atoms in total. The molecule has 92 valence electrons. The van der Waals surface area contributed by atoms with Gasteiger partial charge in [0.1, 0.15) is 5.82 Å². The van der Waals surface area contributed by atoms with E-state index in [0.717, 1.165) is 26.2 Å². The normalized spacial score (nSPS) is 17.0. The molecule has 0 bridgehead atoms. The van der Waals surface area contributed by atoms with E-state index in [2.05, 4.69) is 10.2 Å². The van der Waals surface area contributed by atoms with E-state index in [4.69, 9.17) is 5.11 Å². The second-order valence-corrected chi connectivity index (χ2v) is 4.14. The first-order valence-electron chi connectivity index (χ1n) is 5.61. The molecule has 0 spiro atoms. The number of halogens is 1. The van der Waals surface area contributed by atoms with Crippen LogP contribution in [-0.4, -0.2) is 42.2 Å². The number of carbonyl (C=O) groups is 1. The smallest absolute Gasteiger partial charge is 0.335 e. The Kier molecular flexibility index (Phi) is 3.71. The van der Waals surface area contributed by atoms with Crippen molar-refractivity contribution in [3.63, 3.8) is 0 Å². The van der Waals surface area contributed by atoms with Crippen molar-refractivity contribution in [2.45, 2.75) is 6.54 Å². The number of nitrogens with zero attached hydrogens (tertiary/aromatic N) is 1. The van der Waals surface area contributed by atoms with E-state index in [1.807, 2.05) is 0 Å². The lowest BCUT2D eigenvalue weighted by Gasteiger charge is -2.27. The van der Waals surface area contributed by atoms with Crippen LogP contribution in [0.25, 0.3) is 0 Å². The monoisotopic (exact) mass is 238 g/mol. The summed E-state index contributed by atoms with van der Waals surface area (Å²) >= 11 is 0. The van der Waals surface area contributed by atoms with Crippen LogP contribution in [-0.2, 0) is 6.54 Å². The Balaban J connectivity index is 2.13. The molecule has 1 aliphatic rings. The highest BCUT2D eigenvalue weighted by molar-refractivity contribution is 5.87. The van der Waals surface area contributed by atoms with E-state index in [-0.39, 0.29) is 11.4 Å². The maximum atomic E-state index is 13.6. The summed E-state index contributed by atoms with van der Waals surface area (Å²) in [5, 5.41) is 12.1. The molecule has 0 radical (unpaired) electrons. The second-order valence-electron chi connectivity index (χ2n) is 4.14. The van der Waals surface area contributed by atoms with Gasteiger partial charge in [-0.25, -0.2) is 9.18 Å². The molecule has 1 heterocycles. The van der Waals surface area contributed by atoms with Crippen molar-refractivity contribution in [2.24, 2.45) is 0 Å². The summed E-state index contributed by atoms with van der Waals surface area (Å²) in [6, 6.07) is 3.93. The fraction of sp³-hybridized carbons (Fsp3) is 0.417. The highest BCUT2D eigenvalue weighted by Crippen LogP contribution is 2.13. The summed E-state index contributed by atoms with van der Waals surface area (Å²) in [4.78, 5) is 12.9. The molecule has 1 aromatic carbocycles. The van der Waals surface area contributed by atoms with E-state index in [1.165, 1.54) is 18.2 Å². The van der Waals surface area contributed by atoms with Gasteiger partial charge in [0.25, 0.3) is 0 Å². The third-order valence-corrected chi connectivity index (χ3v) is 2.90. The molecule has 0 aromatic heterocycles. The Hall–Kier alpha value is -1.46. The van der Waals surface area contributed by atoms with Crippen LogP contribution in [0, 0.1) is 5.82 Å². The van der Waals surface area contributed by atoms with Crippen molar-refractivity contribution in [1.29, 1.82) is 0 Å². The van der Waals surface area contributed by atoms with E-state index < -0.39 is 5.97 Å².